The van der Waals surface area contributed by atoms with Crippen molar-refractivity contribution in [1.29, 1.82) is 0 Å². The predicted molar refractivity (Wildman–Crippen MR) is 123 cm³/mol. The molecule has 1 saturated heterocycles. The van der Waals surface area contributed by atoms with Gasteiger partial charge in [0.05, 0.1) is 11.6 Å². The number of halogens is 4. The molecule has 1 fully saturated rings. The summed E-state index contributed by atoms with van der Waals surface area (Å²) < 4.78 is 46.0. The summed E-state index contributed by atoms with van der Waals surface area (Å²) >= 11 is 5.94. The van der Waals surface area contributed by atoms with Gasteiger partial charge in [-0.25, -0.2) is 19.9 Å². The third-order valence-corrected chi connectivity index (χ3v) is 6.10. The van der Waals surface area contributed by atoms with Crippen LogP contribution >= 0.6 is 11.6 Å². The summed E-state index contributed by atoms with van der Waals surface area (Å²) in [6.07, 6.45) is 0.814. The fourth-order valence-corrected chi connectivity index (χ4v) is 4.28. The van der Waals surface area contributed by atoms with E-state index in [9.17, 15) is 18.0 Å². The average molecular weight is 506 g/mol. The Kier molecular flexibility index (Phi) is 7.20. The summed E-state index contributed by atoms with van der Waals surface area (Å²) in [4.78, 5) is 32.0. The number of carbonyl (C=O) groups excluding carboxylic acids is 1. The summed E-state index contributed by atoms with van der Waals surface area (Å²) in [5.41, 5.74) is 0.297. The smallest absolute Gasteiger partial charge is 0.420 e. The fourth-order valence-electron chi connectivity index (χ4n) is 4.07. The van der Waals surface area contributed by atoms with Crippen LogP contribution in [0.3, 0.4) is 0 Å². The number of carbonyl (C=O) groups is 1. The lowest BCUT2D eigenvalue weighted by Crippen LogP contribution is -2.49. The van der Waals surface area contributed by atoms with Gasteiger partial charge in [0.1, 0.15) is 17.9 Å². The molecule has 1 aliphatic rings. The van der Waals surface area contributed by atoms with Crippen LogP contribution in [0.4, 0.5) is 13.2 Å². The van der Waals surface area contributed by atoms with E-state index in [1.54, 1.807) is 42.4 Å². The van der Waals surface area contributed by atoms with Crippen LogP contribution in [0, 0.1) is 12.8 Å². The number of rotatable bonds is 5. The lowest BCUT2D eigenvalue weighted by Gasteiger charge is -2.38. The van der Waals surface area contributed by atoms with Crippen LogP contribution in [0.25, 0.3) is 11.4 Å². The normalized spacial score (nSPS) is 18.4. The van der Waals surface area contributed by atoms with Crippen LogP contribution in [-0.4, -0.2) is 49.9 Å². The zero-order valence-electron chi connectivity index (χ0n) is 19.1. The van der Waals surface area contributed by atoms with Crippen molar-refractivity contribution in [3.8, 4) is 17.1 Å². The second-order valence-electron chi connectivity index (χ2n) is 8.50. The molecule has 4 heterocycles. The van der Waals surface area contributed by atoms with E-state index in [4.69, 9.17) is 16.3 Å². The molecular weight excluding hydrogens is 483 g/mol. The molecule has 2 atom stereocenters. The Morgan fingerprint density at radius 3 is 2.60 bits per heavy atom. The number of amides is 1. The Morgan fingerprint density at radius 2 is 1.89 bits per heavy atom. The van der Waals surface area contributed by atoms with Crippen molar-refractivity contribution < 1.29 is 22.7 Å². The number of likely N-dealkylation sites (tertiary alicyclic amines) is 1. The third kappa shape index (κ3) is 5.53. The number of pyridine rings is 2. The quantitative estimate of drug-likeness (QED) is 0.441. The van der Waals surface area contributed by atoms with Gasteiger partial charge in [-0.15, -0.1) is 0 Å². The zero-order chi connectivity index (χ0) is 25.2. The van der Waals surface area contributed by atoms with Crippen LogP contribution in [0.15, 0.2) is 42.9 Å². The summed E-state index contributed by atoms with van der Waals surface area (Å²) in [6.45, 7) is 4.03. The van der Waals surface area contributed by atoms with Crippen LogP contribution in [-0.2, 0) is 6.18 Å². The van der Waals surface area contributed by atoms with Gasteiger partial charge < -0.3 is 9.64 Å². The third-order valence-electron chi connectivity index (χ3n) is 5.83. The first-order chi connectivity index (χ1) is 16.6. The molecule has 0 unspecified atom stereocenters. The second kappa shape index (κ2) is 10.2. The van der Waals surface area contributed by atoms with E-state index in [1.807, 2.05) is 6.92 Å². The monoisotopic (exact) mass is 505 g/mol. The molecule has 3 aromatic heterocycles. The summed E-state index contributed by atoms with van der Waals surface area (Å²) in [6, 6.07) is 5.52. The maximum atomic E-state index is 13.7. The zero-order valence-corrected chi connectivity index (χ0v) is 19.8. The highest BCUT2D eigenvalue weighted by atomic mass is 35.5. The number of hydrogen-bond donors (Lipinski definition) is 0. The number of alkyl halides is 3. The molecule has 0 aromatic carbocycles. The van der Waals surface area contributed by atoms with Gasteiger partial charge in [-0.2, -0.15) is 13.2 Å². The summed E-state index contributed by atoms with van der Waals surface area (Å²) in [5, 5.41) is -0.384. The number of aryl methyl sites for hydroxylation is 1. The van der Waals surface area contributed by atoms with Gasteiger partial charge in [-0.1, -0.05) is 18.5 Å². The lowest BCUT2D eigenvalue weighted by molar-refractivity contribution is -0.139. The van der Waals surface area contributed by atoms with Crippen molar-refractivity contribution in [1.82, 2.24) is 24.8 Å². The minimum absolute atomic E-state index is 0.171. The van der Waals surface area contributed by atoms with Crippen LogP contribution in [0.2, 0.25) is 5.15 Å². The molecule has 0 N–H and O–H groups in total. The minimum Gasteiger partial charge on any atom is -0.488 e. The van der Waals surface area contributed by atoms with Gasteiger partial charge in [0.2, 0.25) is 0 Å². The van der Waals surface area contributed by atoms with E-state index < -0.39 is 23.5 Å². The van der Waals surface area contributed by atoms with E-state index in [0.717, 1.165) is 18.7 Å². The Balaban J connectivity index is 1.64. The van der Waals surface area contributed by atoms with Crippen molar-refractivity contribution >= 4 is 17.5 Å². The predicted octanol–water partition coefficient (Wildman–Crippen LogP) is 5.23. The number of aromatic nitrogens is 4. The molecule has 184 valence electrons. The van der Waals surface area contributed by atoms with Crippen molar-refractivity contribution in [2.45, 2.75) is 38.9 Å². The molecule has 35 heavy (non-hydrogen) atoms. The minimum atomic E-state index is -4.66. The highest BCUT2D eigenvalue weighted by molar-refractivity contribution is 6.30. The van der Waals surface area contributed by atoms with Crippen molar-refractivity contribution in [2.75, 3.05) is 13.2 Å². The molecular formula is C24H23ClF3N5O2. The lowest BCUT2D eigenvalue weighted by atomic mass is 9.93. The van der Waals surface area contributed by atoms with Gasteiger partial charge in [0, 0.05) is 30.8 Å². The molecule has 3 aromatic rings. The Bertz CT molecular complexity index is 1210. The number of piperidine rings is 1. The first-order valence-electron chi connectivity index (χ1n) is 11.1. The highest BCUT2D eigenvalue weighted by Gasteiger charge is 2.37. The number of nitrogens with zero attached hydrogens (tertiary/aromatic N) is 5. The van der Waals surface area contributed by atoms with Gasteiger partial charge in [0.25, 0.3) is 5.91 Å². The van der Waals surface area contributed by atoms with E-state index in [0.29, 0.717) is 30.0 Å². The van der Waals surface area contributed by atoms with Gasteiger partial charge >= 0.3 is 6.18 Å². The molecule has 4 rings (SSSR count). The first kappa shape index (κ1) is 24.8. The second-order valence-corrected chi connectivity index (χ2v) is 8.86. The van der Waals surface area contributed by atoms with Crippen molar-refractivity contribution in [3.63, 3.8) is 0 Å². The number of hydrogen-bond acceptors (Lipinski definition) is 6. The van der Waals surface area contributed by atoms with Crippen LogP contribution in [0.1, 0.15) is 41.5 Å². The molecule has 7 nitrogen and oxygen atoms in total. The average Bonchev–Trinajstić information content (AvgIpc) is 2.83. The molecule has 0 saturated carbocycles. The summed E-state index contributed by atoms with van der Waals surface area (Å²) in [5.74, 6) is -0.341. The van der Waals surface area contributed by atoms with E-state index in [2.05, 4.69) is 19.9 Å². The maximum absolute atomic E-state index is 13.7. The first-order valence-corrected chi connectivity index (χ1v) is 11.4. The Hall–Kier alpha value is -3.27. The largest absolute Gasteiger partial charge is 0.488 e. The molecule has 0 aliphatic carbocycles. The Labute approximate surface area is 205 Å². The van der Waals surface area contributed by atoms with E-state index >= 15 is 0 Å². The van der Waals surface area contributed by atoms with Crippen LogP contribution in [0.5, 0.6) is 5.75 Å². The SMILES string of the molecule is Cc1ccc(-c2ncccn2)c(C(=O)N2C[C@@H](C)CC[C@H]2COc2c(C(F)(F)F)ccnc2Cl)n1. The molecule has 0 radical (unpaired) electrons. The Morgan fingerprint density at radius 1 is 1.14 bits per heavy atom. The fraction of sp³-hybridized carbons (Fsp3) is 0.375. The van der Waals surface area contributed by atoms with Crippen molar-refractivity contribution in [2.24, 2.45) is 5.92 Å². The van der Waals surface area contributed by atoms with E-state index in [1.165, 1.54) is 0 Å². The molecule has 1 aliphatic heterocycles. The molecule has 0 bridgehead atoms. The van der Waals surface area contributed by atoms with E-state index in [-0.39, 0.29) is 29.3 Å². The maximum Gasteiger partial charge on any atom is 0.420 e. The van der Waals surface area contributed by atoms with Crippen molar-refractivity contribution in [3.05, 3.63) is 65.0 Å². The molecule has 11 heteroatoms. The highest BCUT2D eigenvalue weighted by Crippen LogP contribution is 2.39. The van der Waals surface area contributed by atoms with Gasteiger partial charge in [-0.05, 0) is 49.9 Å². The topological polar surface area (TPSA) is 81.1 Å². The molecule has 0 spiro atoms. The standard InChI is InChI=1S/C24H23ClF3N5O2/c1-14-4-6-16(13-35-20-18(24(26,27)28)8-11-29-21(20)25)33(12-14)23(34)19-17(7-5-15(2)32-19)22-30-9-3-10-31-22/h3,5,7-11,14,16H,4,6,12-13H2,1-2H3/t14-,16-/m0/s1. The van der Waals surface area contributed by atoms with Gasteiger partial charge in [0.15, 0.2) is 16.7 Å². The van der Waals surface area contributed by atoms with Gasteiger partial charge in [-0.3, -0.25) is 4.79 Å². The number of ether oxygens (including phenoxy) is 1. The van der Waals surface area contributed by atoms with Crippen LogP contribution < -0.4 is 4.74 Å². The molecule has 1 amide bonds. The summed E-state index contributed by atoms with van der Waals surface area (Å²) in [7, 11) is 0.